The highest BCUT2D eigenvalue weighted by Crippen LogP contribution is 2.21. The third-order valence-corrected chi connectivity index (χ3v) is 3.29. The summed E-state index contributed by atoms with van der Waals surface area (Å²) in [7, 11) is 0. The van der Waals surface area contributed by atoms with E-state index in [0.717, 1.165) is 29.7 Å². The molecule has 0 saturated heterocycles. The molecule has 19 heavy (non-hydrogen) atoms. The molecule has 0 spiro atoms. The van der Waals surface area contributed by atoms with Crippen LogP contribution in [0.25, 0.3) is 0 Å². The van der Waals surface area contributed by atoms with Crippen molar-refractivity contribution in [1.29, 1.82) is 0 Å². The maximum absolute atomic E-state index is 12.3. The number of carbonyl (C=O) groups excluding carboxylic acids is 1. The van der Waals surface area contributed by atoms with Crippen LogP contribution >= 0.6 is 0 Å². The van der Waals surface area contributed by atoms with Crippen LogP contribution in [0.1, 0.15) is 37.8 Å². The molecule has 1 aromatic carbocycles. The van der Waals surface area contributed by atoms with Gasteiger partial charge in [0.2, 0.25) is 5.91 Å². The minimum atomic E-state index is 0.00455. The highest BCUT2D eigenvalue weighted by molar-refractivity contribution is 5.93. The van der Waals surface area contributed by atoms with Crippen molar-refractivity contribution in [3.05, 3.63) is 29.3 Å². The maximum atomic E-state index is 12.3. The number of nitrogens with one attached hydrogen (secondary N) is 1. The predicted molar refractivity (Wildman–Crippen MR) is 81.2 cm³/mol. The summed E-state index contributed by atoms with van der Waals surface area (Å²) in [5, 5.41) is 3.05. The van der Waals surface area contributed by atoms with Gasteiger partial charge in [-0.05, 0) is 56.3 Å². The fraction of sp³-hybridized carbons (Fsp3) is 0.562. The summed E-state index contributed by atoms with van der Waals surface area (Å²) in [5.41, 5.74) is 8.77. The summed E-state index contributed by atoms with van der Waals surface area (Å²) in [5.74, 6) is 0.596. The number of aryl methyl sites for hydroxylation is 2. The van der Waals surface area contributed by atoms with Crippen molar-refractivity contribution >= 4 is 11.6 Å². The molecule has 0 aliphatic rings. The molecular formula is C16H26N2O. The lowest BCUT2D eigenvalue weighted by Crippen LogP contribution is -2.26. The molecular weight excluding hydrogens is 236 g/mol. The SMILES string of the molecule is Cc1ccc(C)c(NC(=O)C(CCN)CC(C)C)c1. The number of carbonyl (C=O) groups is 1. The van der Waals surface area contributed by atoms with Gasteiger partial charge in [-0.2, -0.15) is 0 Å². The Kier molecular flexibility index (Phi) is 6.03. The lowest BCUT2D eigenvalue weighted by Gasteiger charge is -2.19. The van der Waals surface area contributed by atoms with Crippen molar-refractivity contribution in [1.82, 2.24) is 0 Å². The standard InChI is InChI=1S/C16H26N2O/c1-11(2)9-14(7-8-17)16(19)18-15-10-12(3)5-6-13(15)4/h5-6,10-11,14H,7-9,17H2,1-4H3,(H,18,19). The van der Waals surface area contributed by atoms with E-state index in [1.54, 1.807) is 0 Å². The summed E-state index contributed by atoms with van der Waals surface area (Å²) in [6, 6.07) is 6.10. The van der Waals surface area contributed by atoms with Crippen molar-refractivity contribution in [2.75, 3.05) is 11.9 Å². The minimum absolute atomic E-state index is 0.00455. The Morgan fingerprint density at radius 3 is 2.58 bits per heavy atom. The molecule has 0 aromatic heterocycles. The normalized spacial score (nSPS) is 12.5. The zero-order valence-corrected chi connectivity index (χ0v) is 12.5. The van der Waals surface area contributed by atoms with Crippen LogP contribution in [0.5, 0.6) is 0 Å². The largest absolute Gasteiger partial charge is 0.330 e. The van der Waals surface area contributed by atoms with Crippen LogP contribution in [0, 0.1) is 25.7 Å². The van der Waals surface area contributed by atoms with Crippen LogP contribution in [0.3, 0.4) is 0 Å². The number of benzene rings is 1. The number of hydrogen-bond donors (Lipinski definition) is 2. The predicted octanol–water partition coefficient (Wildman–Crippen LogP) is 3.25. The average Bonchev–Trinajstić information content (AvgIpc) is 2.32. The van der Waals surface area contributed by atoms with Crippen molar-refractivity contribution in [2.24, 2.45) is 17.6 Å². The summed E-state index contributed by atoms with van der Waals surface area (Å²) < 4.78 is 0. The number of anilines is 1. The van der Waals surface area contributed by atoms with Gasteiger partial charge in [0.05, 0.1) is 0 Å². The summed E-state index contributed by atoms with van der Waals surface area (Å²) in [4.78, 5) is 12.3. The van der Waals surface area contributed by atoms with Gasteiger partial charge in [-0.15, -0.1) is 0 Å². The second-order valence-corrected chi connectivity index (χ2v) is 5.71. The van der Waals surface area contributed by atoms with E-state index in [1.807, 2.05) is 26.0 Å². The van der Waals surface area contributed by atoms with Crippen molar-refractivity contribution < 1.29 is 4.79 Å². The molecule has 0 aliphatic carbocycles. The van der Waals surface area contributed by atoms with Gasteiger partial charge in [0.15, 0.2) is 0 Å². The molecule has 0 radical (unpaired) electrons. The molecule has 3 N–H and O–H groups in total. The smallest absolute Gasteiger partial charge is 0.227 e. The molecule has 0 bridgehead atoms. The molecule has 0 fully saturated rings. The molecule has 3 heteroatoms. The molecule has 1 rings (SSSR count). The molecule has 0 saturated carbocycles. The molecule has 106 valence electrons. The number of hydrogen-bond acceptors (Lipinski definition) is 2. The van der Waals surface area contributed by atoms with E-state index in [4.69, 9.17) is 5.73 Å². The minimum Gasteiger partial charge on any atom is -0.330 e. The van der Waals surface area contributed by atoms with Crippen LogP contribution in [-0.4, -0.2) is 12.5 Å². The van der Waals surface area contributed by atoms with E-state index < -0.39 is 0 Å². The number of nitrogens with two attached hydrogens (primary N) is 1. The Balaban J connectivity index is 2.77. The Morgan fingerprint density at radius 1 is 1.32 bits per heavy atom. The van der Waals surface area contributed by atoms with E-state index in [1.165, 1.54) is 0 Å². The highest BCUT2D eigenvalue weighted by atomic mass is 16.1. The Labute approximate surface area is 116 Å². The monoisotopic (exact) mass is 262 g/mol. The Hall–Kier alpha value is -1.35. The molecule has 1 unspecified atom stereocenters. The summed E-state index contributed by atoms with van der Waals surface area (Å²) in [6.45, 7) is 8.86. The van der Waals surface area contributed by atoms with E-state index >= 15 is 0 Å². The molecule has 1 amide bonds. The maximum Gasteiger partial charge on any atom is 0.227 e. The van der Waals surface area contributed by atoms with Crippen molar-refractivity contribution in [3.63, 3.8) is 0 Å². The van der Waals surface area contributed by atoms with Crippen LogP contribution < -0.4 is 11.1 Å². The zero-order valence-electron chi connectivity index (χ0n) is 12.5. The first-order valence-corrected chi connectivity index (χ1v) is 7.02. The lowest BCUT2D eigenvalue weighted by molar-refractivity contribution is -0.120. The van der Waals surface area contributed by atoms with Crippen LogP contribution in [0.15, 0.2) is 18.2 Å². The van der Waals surface area contributed by atoms with Gasteiger partial charge in [0, 0.05) is 11.6 Å². The quantitative estimate of drug-likeness (QED) is 0.826. The van der Waals surface area contributed by atoms with E-state index in [2.05, 4.69) is 25.2 Å². The summed E-state index contributed by atoms with van der Waals surface area (Å²) in [6.07, 6.45) is 1.63. The second-order valence-electron chi connectivity index (χ2n) is 5.71. The van der Waals surface area contributed by atoms with E-state index in [9.17, 15) is 4.79 Å². The first-order chi connectivity index (χ1) is 8.93. The second kappa shape index (κ2) is 7.29. The first kappa shape index (κ1) is 15.7. The van der Waals surface area contributed by atoms with Crippen LogP contribution in [0.2, 0.25) is 0 Å². The molecule has 1 aromatic rings. The Morgan fingerprint density at radius 2 is 2.00 bits per heavy atom. The fourth-order valence-corrected chi connectivity index (χ4v) is 2.23. The van der Waals surface area contributed by atoms with E-state index in [0.29, 0.717) is 12.5 Å². The molecule has 3 nitrogen and oxygen atoms in total. The zero-order chi connectivity index (χ0) is 14.4. The Bertz CT molecular complexity index is 427. The summed E-state index contributed by atoms with van der Waals surface area (Å²) >= 11 is 0. The van der Waals surface area contributed by atoms with Gasteiger partial charge in [-0.3, -0.25) is 4.79 Å². The number of rotatable bonds is 6. The lowest BCUT2D eigenvalue weighted by atomic mass is 9.93. The van der Waals surface area contributed by atoms with Gasteiger partial charge in [0.25, 0.3) is 0 Å². The average molecular weight is 262 g/mol. The third-order valence-electron chi connectivity index (χ3n) is 3.29. The van der Waals surface area contributed by atoms with Crippen molar-refractivity contribution in [2.45, 2.75) is 40.5 Å². The third kappa shape index (κ3) is 5.03. The highest BCUT2D eigenvalue weighted by Gasteiger charge is 2.19. The topological polar surface area (TPSA) is 55.1 Å². The van der Waals surface area contributed by atoms with Gasteiger partial charge < -0.3 is 11.1 Å². The molecule has 1 atom stereocenters. The molecule has 0 heterocycles. The first-order valence-electron chi connectivity index (χ1n) is 7.02. The van der Waals surface area contributed by atoms with Gasteiger partial charge >= 0.3 is 0 Å². The van der Waals surface area contributed by atoms with Crippen LogP contribution in [-0.2, 0) is 4.79 Å². The fourth-order valence-electron chi connectivity index (χ4n) is 2.23. The van der Waals surface area contributed by atoms with Crippen LogP contribution in [0.4, 0.5) is 5.69 Å². The van der Waals surface area contributed by atoms with E-state index in [-0.39, 0.29) is 11.8 Å². The van der Waals surface area contributed by atoms with Gasteiger partial charge in [-0.1, -0.05) is 26.0 Å². The molecule has 0 aliphatic heterocycles. The number of amides is 1. The van der Waals surface area contributed by atoms with Crippen molar-refractivity contribution in [3.8, 4) is 0 Å². The van der Waals surface area contributed by atoms with Gasteiger partial charge in [0.1, 0.15) is 0 Å². The van der Waals surface area contributed by atoms with Gasteiger partial charge in [-0.25, -0.2) is 0 Å².